The van der Waals surface area contributed by atoms with Gasteiger partial charge in [0.25, 0.3) is 0 Å². The Morgan fingerprint density at radius 3 is 1.88 bits per heavy atom. The largest absolute Gasteiger partial charge is 0.481 e. The summed E-state index contributed by atoms with van der Waals surface area (Å²) in [4.78, 5) is 23.8. The molecule has 2 aromatic rings. The van der Waals surface area contributed by atoms with E-state index in [9.17, 15) is 9.59 Å². The second-order valence-corrected chi connectivity index (χ2v) is 6.83. The third-order valence-corrected chi connectivity index (χ3v) is 5.00. The molecule has 4 heteroatoms. The number of carbonyl (C=O) groups excluding carboxylic acids is 1. The van der Waals surface area contributed by atoms with Crippen molar-refractivity contribution in [1.29, 1.82) is 0 Å². The lowest BCUT2D eigenvalue weighted by atomic mass is 9.74. The van der Waals surface area contributed by atoms with E-state index >= 15 is 0 Å². The fourth-order valence-corrected chi connectivity index (χ4v) is 3.57. The zero-order chi connectivity index (χ0) is 17.7. The van der Waals surface area contributed by atoms with Crippen LogP contribution < -0.4 is 5.32 Å². The molecule has 1 aliphatic carbocycles. The third-order valence-electron chi connectivity index (χ3n) is 5.00. The van der Waals surface area contributed by atoms with Gasteiger partial charge in [0, 0.05) is 12.3 Å². The Morgan fingerprint density at radius 2 is 1.48 bits per heavy atom. The van der Waals surface area contributed by atoms with E-state index in [1.165, 1.54) is 0 Å². The Morgan fingerprint density at radius 1 is 0.960 bits per heavy atom. The summed E-state index contributed by atoms with van der Waals surface area (Å²) in [5.74, 6) is -0.981. The molecule has 0 heterocycles. The molecule has 4 nitrogen and oxygen atoms in total. The molecule has 0 bridgehead atoms. The summed E-state index contributed by atoms with van der Waals surface area (Å²) in [6.07, 6.45) is 2.77. The van der Waals surface area contributed by atoms with Crippen LogP contribution in [0.5, 0.6) is 0 Å². The van der Waals surface area contributed by atoms with Gasteiger partial charge in [0.1, 0.15) is 0 Å². The lowest BCUT2D eigenvalue weighted by Crippen LogP contribution is -2.54. The molecule has 0 aromatic heterocycles. The van der Waals surface area contributed by atoms with Crippen molar-refractivity contribution in [3.05, 3.63) is 71.8 Å². The van der Waals surface area contributed by atoms with Crippen LogP contribution >= 0.6 is 0 Å². The first-order valence-electron chi connectivity index (χ1n) is 8.71. The first-order valence-corrected chi connectivity index (χ1v) is 8.71. The van der Waals surface area contributed by atoms with Crippen LogP contribution in [0, 0.1) is 0 Å². The second kappa shape index (κ2) is 7.51. The van der Waals surface area contributed by atoms with E-state index < -0.39 is 11.5 Å². The molecule has 1 aliphatic rings. The van der Waals surface area contributed by atoms with Gasteiger partial charge in [-0.15, -0.1) is 0 Å². The molecule has 0 radical (unpaired) electrons. The minimum absolute atomic E-state index is 0.0000800. The Hall–Kier alpha value is -2.62. The highest BCUT2D eigenvalue weighted by atomic mass is 16.4. The molecule has 0 atom stereocenters. The number of carbonyl (C=O) groups is 2. The summed E-state index contributed by atoms with van der Waals surface area (Å²) >= 11 is 0. The van der Waals surface area contributed by atoms with Gasteiger partial charge in [-0.25, -0.2) is 0 Å². The Bertz CT molecular complexity index is 684. The summed E-state index contributed by atoms with van der Waals surface area (Å²) in [7, 11) is 0. The lowest BCUT2D eigenvalue weighted by molar-refractivity contribution is -0.140. The molecule has 0 aliphatic heterocycles. The summed E-state index contributed by atoms with van der Waals surface area (Å²) in [6.45, 7) is 0. The van der Waals surface area contributed by atoms with Crippen LogP contribution in [-0.2, 0) is 9.59 Å². The lowest BCUT2D eigenvalue weighted by Gasteiger charge is -2.41. The van der Waals surface area contributed by atoms with Crippen LogP contribution in [-0.4, -0.2) is 22.5 Å². The zero-order valence-electron chi connectivity index (χ0n) is 14.2. The minimum atomic E-state index is -0.859. The van der Waals surface area contributed by atoms with Crippen LogP contribution in [0.15, 0.2) is 60.7 Å². The first kappa shape index (κ1) is 17.2. The number of amides is 1. The standard InChI is InChI=1S/C21H23NO3/c23-19(22-21(12-7-13-21)15-20(24)25)14-18(16-8-3-1-4-9-16)17-10-5-2-6-11-17/h1-6,8-11,18H,7,12-15H2,(H,22,23)(H,24,25). The van der Waals surface area contributed by atoms with E-state index in [2.05, 4.69) is 5.32 Å². The molecule has 3 rings (SSSR count). The summed E-state index contributed by atoms with van der Waals surface area (Å²) in [6, 6.07) is 19.9. The van der Waals surface area contributed by atoms with E-state index in [1.807, 2.05) is 60.7 Å². The van der Waals surface area contributed by atoms with Gasteiger partial charge in [0.2, 0.25) is 5.91 Å². The van der Waals surface area contributed by atoms with Gasteiger partial charge in [0.05, 0.1) is 12.0 Å². The molecular weight excluding hydrogens is 314 g/mol. The van der Waals surface area contributed by atoms with E-state index in [0.29, 0.717) is 6.42 Å². The maximum Gasteiger partial charge on any atom is 0.305 e. The fraction of sp³-hybridized carbons (Fsp3) is 0.333. The van der Waals surface area contributed by atoms with Gasteiger partial charge in [-0.1, -0.05) is 60.7 Å². The van der Waals surface area contributed by atoms with Gasteiger partial charge >= 0.3 is 5.97 Å². The SMILES string of the molecule is O=C(O)CC1(NC(=O)CC(c2ccccc2)c2ccccc2)CCC1. The Balaban J connectivity index is 1.76. The van der Waals surface area contributed by atoms with Gasteiger partial charge in [0.15, 0.2) is 0 Å². The summed E-state index contributed by atoms with van der Waals surface area (Å²) < 4.78 is 0. The molecule has 1 saturated carbocycles. The maximum atomic E-state index is 12.7. The Labute approximate surface area is 147 Å². The predicted octanol–water partition coefficient (Wildman–Crippen LogP) is 3.72. The molecule has 0 saturated heterocycles. The molecular formula is C21H23NO3. The molecule has 1 amide bonds. The van der Waals surface area contributed by atoms with Gasteiger partial charge in [-0.2, -0.15) is 0 Å². The molecule has 25 heavy (non-hydrogen) atoms. The quantitative estimate of drug-likeness (QED) is 0.809. The molecule has 1 fully saturated rings. The number of carboxylic acids is 1. The second-order valence-electron chi connectivity index (χ2n) is 6.83. The first-order chi connectivity index (χ1) is 12.1. The van der Waals surface area contributed by atoms with Crippen LogP contribution in [0.2, 0.25) is 0 Å². The van der Waals surface area contributed by atoms with E-state index in [-0.39, 0.29) is 18.2 Å². The van der Waals surface area contributed by atoms with Crippen molar-refractivity contribution in [1.82, 2.24) is 5.32 Å². The molecule has 0 unspecified atom stereocenters. The van der Waals surface area contributed by atoms with Crippen LogP contribution in [0.1, 0.15) is 49.1 Å². The van der Waals surface area contributed by atoms with Gasteiger partial charge in [-0.05, 0) is 30.4 Å². The topological polar surface area (TPSA) is 66.4 Å². The predicted molar refractivity (Wildman–Crippen MR) is 96.3 cm³/mol. The normalized spacial score (nSPS) is 15.4. The van der Waals surface area contributed by atoms with Crippen molar-refractivity contribution in [2.75, 3.05) is 0 Å². The number of carboxylic acid groups (broad SMARTS) is 1. The molecule has 130 valence electrons. The highest BCUT2D eigenvalue weighted by molar-refractivity contribution is 5.80. The van der Waals surface area contributed by atoms with Crippen molar-refractivity contribution in [3.8, 4) is 0 Å². The third kappa shape index (κ3) is 4.27. The average molecular weight is 337 g/mol. The van der Waals surface area contributed by atoms with Crippen LogP contribution in [0.25, 0.3) is 0 Å². The van der Waals surface area contributed by atoms with Crippen LogP contribution in [0.4, 0.5) is 0 Å². The van der Waals surface area contributed by atoms with Crippen molar-refractivity contribution < 1.29 is 14.7 Å². The van der Waals surface area contributed by atoms with Crippen LogP contribution in [0.3, 0.4) is 0 Å². The smallest absolute Gasteiger partial charge is 0.305 e. The Kier molecular flexibility index (Phi) is 5.17. The zero-order valence-corrected chi connectivity index (χ0v) is 14.2. The van der Waals surface area contributed by atoms with Crippen molar-refractivity contribution in [2.45, 2.75) is 43.6 Å². The van der Waals surface area contributed by atoms with Crippen molar-refractivity contribution in [3.63, 3.8) is 0 Å². The average Bonchev–Trinajstić information content (AvgIpc) is 2.59. The fourth-order valence-electron chi connectivity index (χ4n) is 3.57. The summed E-state index contributed by atoms with van der Waals surface area (Å²) in [5.41, 5.74) is 1.62. The highest BCUT2D eigenvalue weighted by Crippen LogP contribution is 2.36. The number of hydrogen-bond acceptors (Lipinski definition) is 2. The molecule has 2 N–H and O–H groups in total. The van der Waals surface area contributed by atoms with Gasteiger partial charge in [-0.3, -0.25) is 9.59 Å². The van der Waals surface area contributed by atoms with Crippen molar-refractivity contribution >= 4 is 11.9 Å². The minimum Gasteiger partial charge on any atom is -0.481 e. The van der Waals surface area contributed by atoms with Crippen molar-refractivity contribution in [2.24, 2.45) is 0 Å². The van der Waals surface area contributed by atoms with E-state index in [4.69, 9.17) is 5.11 Å². The number of benzene rings is 2. The molecule has 2 aromatic carbocycles. The van der Waals surface area contributed by atoms with E-state index in [1.54, 1.807) is 0 Å². The summed E-state index contributed by atoms with van der Waals surface area (Å²) in [5, 5.41) is 12.1. The van der Waals surface area contributed by atoms with E-state index in [0.717, 1.165) is 30.4 Å². The van der Waals surface area contributed by atoms with Gasteiger partial charge < -0.3 is 10.4 Å². The number of nitrogens with one attached hydrogen (secondary N) is 1. The number of rotatable bonds is 7. The number of hydrogen-bond donors (Lipinski definition) is 2. The number of aliphatic carboxylic acids is 1. The maximum absolute atomic E-state index is 12.7. The highest BCUT2D eigenvalue weighted by Gasteiger charge is 2.40. The monoisotopic (exact) mass is 337 g/mol. The molecule has 0 spiro atoms.